The summed E-state index contributed by atoms with van der Waals surface area (Å²) in [4.78, 5) is 68.7. The van der Waals surface area contributed by atoms with Crippen molar-refractivity contribution in [1.82, 2.24) is 16.0 Å². The number of unbranched alkanes of at least 4 members (excludes halogenated alkanes) is 12. The molecule has 54 heavy (non-hydrogen) atoms. The Morgan fingerprint density at radius 3 is 0.926 bits per heavy atom. The standard InChI is InChI=1S/C39H71N3O12/c1-2-39(30-52-27-21-33(43)40-24-15-9-3-6-12-18-36(46)47,31-53-28-22-34(44)41-25-16-10-4-7-13-19-37(48)49)32-54-29-23-35(45)42-26-17-11-5-8-14-20-38(50)51/h2-32H2,1H3,(H,40,43)(H,41,44)(H,42,45)(H,46,47)(H,48,49)(H,50,51). The van der Waals surface area contributed by atoms with Crippen molar-refractivity contribution >= 4 is 35.6 Å². The van der Waals surface area contributed by atoms with Gasteiger partial charge in [-0.1, -0.05) is 64.7 Å². The van der Waals surface area contributed by atoms with Gasteiger partial charge in [-0.05, 0) is 44.9 Å². The van der Waals surface area contributed by atoms with E-state index in [9.17, 15) is 28.8 Å². The van der Waals surface area contributed by atoms with Gasteiger partial charge in [-0.25, -0.2) is 0 Å². The van der Waals surface area contributed by atoms with E-state index in [0.717, 1.165) is 77.0 Å². The third-order valence-electron chi connectivity index (χ3n) is 9.06. The van der Waals surface area contributed by atoms with Crippen molar-refractivity contribution in [3.8, 4) is 0 Å². The number of carboxylic acids is 3. The highest BCUT2D eigenvalue weighted by atomic mass is 16.5. The Hall–Kier alpha value is -3.30. The van der Waals surface area contributed by atoms with Crippen LogP contribution in [0.1, 0.15) is 148 Å². The van der Waals surface area contributed by atoms with Crippen molar-refractivity contribution in [2.75, 3.05) is 59.3 Å². The van der Waals surface area contributed by atoms with Gasteiger partial charge in [-0.15, -0.1) is 0 Å². The highest BCUT2D eigenvalue weighted by Crippen LogP contribution is 2.24. The number of carbonyl (C=O) groups is 6. The fourth-order valence-corrected chi connectivity index (χ4v) is 5.54. The highest BCUT2D eigenvalue weighted by Gasteiger charge is 2.30. The summed E-state index contributed by atoms with van der Waals surface area (Å²) in [6.45, 7) is 5.12. The molecule has 0 spiro atoms. The lowest BCUT2D eigenvalue weighted by Crippen LogP contribution is -2.38. The van der Waals surface area contributed by atoms with Crippen LogP contribution in [0.5, 0.6) is 0 Å². The van der Waals surface area contributed by atoms with Gasteiger partial charge in [-0.2, -0.15) is 0 Å². The van der Waals surface area contributed by atoms with Crippen LogP contribution in [0, 0.1) is 5.41 Å². The smallest absolute Gasteiger partial charge is 0.303 e. The quantitative estimate of drug-likeness (QED) is 0.0441. The number of carboxylic acid groups (broad SMARTS) is 3. The van der Waals surface area contributed by atoms with E-state index in [1.807, 2.05) is 6.92 Å². The first kappa shape index (κ1) is 50.7. The third kappa shape index (κ3) is 34.5. The molecule has 0 aliphatic heterocycles. The Labute approximate surface area is 322 Å². The van der Waals surface area contributed by atoms with E-state index >= 15 is 0 Å². The largest absolute Gasteiger partial charge is 0.481 e. The number of rotatable bonds is 40. The van der Waals surface area contributed by atoms with E-state index in [2.05, 4.69) is 16.0 Å². The summed E-state index contributed by atoms with van der Waals surface area (Å²) in [5.74, 6) is -2.66. The van der Waals surface area contributed by atoms with Crippen LogP contribution >= 0.6 is 0 Å². The fraction of sp³-hybridized carbons (Fsp3) is 0.846. The molecule has 0 aliphatic rings. The topological polar surface area (TPSA) is 227 Å². The van der Waals surface area contributed by atoms with Gasteiger partial charge in [0, 0.05) is 63.6 Å². The third-order valence-corrected chi connectivity index (χ3v) is 9.06. The predicted octanol–water partition coefficient (Wildman–Crippen LogP) is 5.23. The predicted molar refractivity (Wildman–Crippen MR) is 204 cm³/mol. The van der Waals surface area contributed by atoms with Gasteiger partial charge in [0.25, 0.3) is 0 Å². The zero-order valence-corrected chi connectivity index (χ0v) is 32.9. The van der Waals surface area contributed by atoms with Gasteiger partial charge in [0.2, 0.25) is 17.7 Å². The number of carbonyl (C=O) groups excluding carboxylic acids is 3. The van der Waals surface area contributed by atoms with Gasteiger partial charge in [0.1, 0.15) is 0 Å². The summed E-state index contributed by atoms with van der Waals surface area (Å²) in [5, 5.41) is 34.8. The van der Waals surface area contributed by atoms with E-state index in [-0.39, 0.29) is 95.9 Å². The fourth-order valence-electron chi connectivity index (χ4n) is 5.54. The Bertz CT molecular complexity index is 905. The van der Waals surface area contributed by atoms with E-state index in [0.29, 0.717) is 45.3 Å². The zero-order chi connectivity index (χ0) is 40.1. The first-order valence-corrected chi connectivity index (χ1v) is 20.2. The Morgan fingerprint density at radius 1 is 0.407 bits per heavy atom. The van der Waals surface area contributed by atoms with Crippen molar-refractivity contribution in [3.63, 3.8) is 0 Å². The molecule has 0 aromatic rings. The number of hydrogen-bond donors (Lipinski definition) is 6. The molecule has 0 saturated heterocycles. The molecule has 0 saturated carbocycles. The second-order valence-electron chi connectivity index (χ2n) is 14.0. The zero-order valence-electron chi connectivity index (χ0n) is 32.9. The second kappa shape index (κ2) is 35.4. The van der Waals surface area contributed by atoms with Gasteiger partial charge in [-0.3, -0.25) is 28.8 Å². The van der Waals surface area contributed by atoms with Crippen LogP contribution in [0.25, 0.3) is 0 Å². The van der Waals surface area contributed by atoms with E-state index in [1.54, 1.807) is 0 Å². The first-order chi connectivity index (χ1) is 26.0. The van der Waals surface area contributed by atoms with Crippen LogP contribution in [-0.2, 0) is 43.0 Å². The van der Waals surface area contributed by atoms with Crippen molar-refractivity contribution in [2.24, 2.45) is 5.41 Å². The van der Waals surface area contributed by atoms with Crippen LogP contribution < -0.4 is 16.0 Å². The monoisotopic (exact) mass is 774 g/mol. The number of ether oxygens (including phenoxy) is 3. The molecular formula is C39H71N3O12. The molecule has 314 valence electrons. The van der Waals surface area contributed by atoms with E-state index in [1.165, 1.54) is 0 Å². The summed E-state index contributed by atoms with van der Waals surface area (Å²) >= 11 is 0. The molecule has 0 bridgehead atoms. The second-order valence-corrected chi connectivity index (χ2v) is 14.0. The van der Waals surface area contributed by atoms with Gasteiger partial charge < -0.3 is 45.5 Å². The van der Waals surface area contributed by atoms with Crippen molar-refractivity contribution in [1.29, 1.82) is 0 Å². The number of nitrogens with one attached hydrogen (secondary N) is 3. The maximum Gasteiger partial charge on any atom is 0.303 e. The van der Waals surface area contributed by atoms with Gasteiger partial charge >= 0.3 is 17.9 Å². The molecule has 0 rings (SSSR count). The lowest BCUT2D eigenvalue weighted by Gasteiger charge is -2.32. The molecule has 0 aromatic carbocycles. The Morgan fingerprint density at radius 2 is 0.667 bits per heavy atom. The molecule has 15 heteroatoms. The maximum absolute atomic E-state index is 12.3. The molecule has 0 aromatic heterocycles. The molecule has 0 atom stereocenters. The van der Waals surface area contributed by atoms with E-state index in [4.69, 9.17) is 29.5 Å². The molecule has 0 radical (unpaired) electrons. The minimum Gasteiger partial charge on any atom is -0.481 e. The molecule has 3 amide bonds. The normalized spacial score (nSPS) is 11.3. The van der Waals surface area contributed by atoms with Crippen molar-refractivity contribution in [2.45, 2.75) is 148 Å². The average Bonchev–Trinajstić information content (AvgIpc) is 3.13. The number of hydrogen-bond acceptors (Lipinski definition) is 9. The lowest BCUT2D eigenvalue weighted by molar-refractivity contribution is -0.138. The van der Waals surface area contributed by atoms with Crippen molar-refractivity contribution < 1.29 is 58.3 Å². The van der Waals surface area contributed by atoms with Crippen LogP contribution in [-0.4, -0.2) is 110 Å². The van der Waals surface area contributed by atoms with Crippen LogP contribution in [0.15, 0.2) is 0 Å². The molecule has 0 unspecified atom stereocenters. The number of amides is 3. The summed E-state index contributed by atoms with van der Waals surface area (Å²) in [5.41, 5.74) is -0.550. The highest BCUT2D eigenvalue weighted by molar-refractivity contribution is 5.76. The Balaban J connectivity index is 4.59. The van der Waals surface area contributed by atoms with Crippen molar-refractivity contribution in [3.05, 3.63) is 0 Å². The van der Waals surface area contributed by atoms with Crippen LogP contribution in [0.3, 0.4) is 0 Å². The first-order valence-electron chi connectivity index (χ1n) is 20.2. The Kier molecular flexibility index (Phi) is 33.2. The summed E-state index contributed by atoms with van der Waals surface area (Å²) in [6.07, 6.45) is 14.4. The molecular weight excluding hydrogens is 702 g/mol. The van der Waals surface area contributed by atoms with E-state index < -0.39 is 23.3 Å². The van der Waals surface area contributed by atoms with Gasteiger partial charge in [0.05, 0.1) is 39.6 Å². The minimum absolute atomic E-state index is 0.108. The summed E-state index contributed by atoms with van der Waals surface area (Å²) in [6, 6.07) is 0. The number of aliphatic carboxylic acids is 3. The summed E-state index contributed by atoms with van der Waals surface area (Å²) < 4.78 is 17.8. The SMILES string of the molecule is CCC(COCCC(=O)NCCCCCCCC(=O)O)(COCCC(=O)NCCCCCCCC(=O)O)COCCC(=O)NCCCCCCCC(=O)O. The van der Waals surface area contributed by atoms with Crippen LogP contribution in [0.2, 0.25) is 0 Å². The lowest BCUT2D eigenvalue weighted by atomic mass is 9.88. The molecule has 0 fully saturated rings. The summed E-state index contributed by atoms with van der Waals surface area (Å²) in [7, 11) is 0. The van der Waals surface area contributed by atoms with Gasteiger partial charge in [0.15, 0.2) is 0 Å². The van der Waals surface area contributed by atoms with Crippen LogP contribution in [0.4, 0.5) is 0 Å². The minimum atomic E-state index is -0.778. The molecule has 0 heterocycles. The molecule has 15 nitrogen and oxygen atoms in total. The molecule has 6 N–H and O–H groups in total. The average molecular weight is 774 g/mol. The maximum atomic E-state index is 12.3. The molecule has 0 aliphatic carbocycles.